The Hall–Kier alpha value is -2.86. The molecule has 1 aliphatic carbocycles. The van der Waals surface area contributed by atoms with E-state index in [1.54, 1.807) is 35.1 Å². The standard InChI is InChI=1S/C21H18ClFN4OS.C3H6O3S/c1-3-26-11-14(10-25-26)27-12(2)20(16-7-8-17(22)18(23)19(16)27)29-15-6-4-5-13(9-15)21(24)28;4-7(5,6)3-1-2-3/h4-11H,3H2,1-2H3,(H2,24,28);3H,1-2H2,(H,4,5,6). The summed E-state index contributed by atoms with van der Waals surface area (Å²) in [4.78, 5) is 13.2. The second-order valence-corrected chi connectivity index (χ2v) is 11.5. The maximum atomic E-state index is 15.1. The quantitative estimate of drug-likeness (QED) is 0.317. The fraction of sp³-hybridized carbons (Fsp3) is 0.250. The molecule has 4 aromatic rings. The molecule has 0 bridgehead atoms. The van der Waals surface area contributed by atoms with Gasteiger partial charge in [-0.05, 0) is 57.0 Å². The number of rotatable bonds is 6. The maximum absolute atomic E-state index is 15.1. The molecule has 8 nitrogen and oxygen atoms in total. The first-order valence-electron chi connectivity index (χ1n) is 11.1. The van der Waals surface area contributed by atoms with Crippen LogP contribution in [0.5, 0.6) is 0 Å². The van der Waals surface area contributed by atoms with E-state index in [9.17, 15) is 13.2 Å². The minimum atomic E-state index is -3.63. The predicted octanol–water partition coefficient (Wildman–Crippen LogP) is 5.23. The van der Waals surface area contributed by atoms with Gasteiger partial charge in [-0.2, -0.15) is 13.5 Å². The van der Waals surface area contributed by atoms with Gasteiger partial charge in [0.05, 0.1) is 27.7 Å². The van der Waals surface area contributed by atoms with Crippen molar-refractivity contribution < 1.29 is 22.2 Å². The Morgan fingerprint density at radius 1 is 1.31 bits per heavy atom. The van der Waals surface area contributed by atoms with Crippen LogP contribution in [0.25, 0.3) is 16.6 Å². The number of primary amides is 1. The molecule has 0 saturated heterocycles. The zero-order valence-electron chi connectivity index (χ0n) is 19.5. The normalized spacial score (nSPS) is 13.5. The van der Waals surface area contributed by atoms with Crippen LogP contribution in [0.2, 0.25) is 5.02 Å². The Balaban J connectivity index is 0.000000375. The van der Waals surface area contributed by atoms with E-state index < -0.39 is 27.1 Å². The van der Waals surface area contributed by atoms with Gasteiger partial charge in [-0.25, -0.2) is 4.39 Å². The van der Waals surface area contributed by atoms with E-state index in [1.165, 1.54) is 11.8 Å². The van der Waals surface area contributed by atoms with Crippen LogP contribution < -0.4 is 5.73 Å². The SMILES string of the molecule is CCn1cc(-n2c(C)c(Sc3cccc(C(N)=O)c3)c3ccc(Cl)c(F)c32)cn1.O=S(=O)(O)C1CC1. The summed E-state index contributed by atoms with van der Waals surface area (Å²) in [7, 11) is -3.63. The van der Waals surface area contributed by atoms with Gasteiger partial charge in [0.2, 0.25) is 5.91 Å². The highest BCUT2D eigenvalue weighted by Gasteiger charge is 2.33. The third-order valence-electron chi connectivity index (χ3n) is 5.69. The Morgan fingerprint density at radius 3 is 2.58 bits per heavy atom. The number of nitrogens with zero attached hydrogens (tertiary/aromatic N) is 3. The molecule has 1 saturated carbocycles. The molecule has 0 radical (unpaired) electrons. The predicted molar refractivity (Wildman–Crippen MR) is 138 cm³/mol. The van der Waals surface area contributed by atoms with Crippen molar-refractivity contribution in [1.82, 2.24) is 14.3 Å². The molecule has 1 fully saturated rings. The number of amides is 1. The average molecular weight is 551 g/mol. The summed E-state index contributed by atoms with van der Waals surface area (Å²) in [5.41, 5.74) is 7.84. The van der Waals surface area contributed by atoms with Gasteiger partial charge in [-0.3, -0.25) is 14.0 Å². The Bertz CT molecular complexity index is 1560. The van der Waals surface area contributed by atoms with Gasteiger partial charge in [-0.1, -0.05) is 29.4 Å². The molecule has 5 rings (SSSR count). The molecule has 2 heterocycles. The van der Waals surface area contributed by atoms with Crippen LogP contribution in [-0.2, 0) is 16.7 Å². The molecule has 3 N–H and O–H groups in total. The summed E-state index contributed by atoms with van der Waals surface area (Å²) in [5, 5.41) is 4.69. The van der Waals surface area contributed by atoms with E-state index >= 15 is 4.39 Å². The van der Waals surface area contributed by atoms with Crippen molar-refractivity contribution in [3.05, 3.63) is 70.9 Å². The van der Waals surface area contributed by atoms with Gasteiger partial charge in [0, 0.05) is 39.2 Å². The largest absolute Gasteiger partial charge is 0.366 e. The van der Waals surface area contributed by atoms with Gasteiger partial charge in [-0.15, -0.1) is 0 Å². The number of nitrogens with two attached hydrogens (primary N) is 1. The van der Waals surface area contributed by atoms with Crippen molar-refractivity contribution in [2.24, 2.45) is 5.73 Å². The number of carbonyl (C=O) groups excluding carboxylic acids is 1. The Morgan fingerprint density at radius 2 is 2.03 bits per heavy atom. The first-order chi connectivity index (χ1) is 17.0. The summed E-state index contributed by atoms with van der Waals surface area (Å²) in [6, 6.07) is 10.4. The zero-order valence-corrected chi connectivity index (χ0v) is 21.9. The van der Waals surface area contributed by atoms with Crippen LogP contribution in [0.4, 0.5) is 4.39 Å². The van der Waals surface area contributed by atoms with Crippen molar-refractivity contribution in [1.29, 1.82) is 0 Å². The maximum Gasteiger partial charge on any atom is 0.267 e. The van der Waals surface area contributed by atoms with Crippen LogP contribution in [0.3, 0.4) is 0 Å². The summed E-state index contributed by atoms with van der Waals surface area (Å²) in [6.07, 6.45) is 4.85. The third kappa shape index (κ3) is 5.44. The second-order valence-electron chi connectivity index (χ2n) is 8.27. The number of halogens is 2. The minimum Gasteiger partial charge on any atom is -0.366 e. The van der Waals surface area contributed by atoms with Crippen LogP contribution in [-0.4, -0.2) is 38.5 Å². The summed E-state index contributed by atoms with van der Waals surface area (Å²) >= 11 is 7.54. The number of aryl methyl sites for hydroxylation is 1. The number of hydrogen-bond acceptors (Lipinski definition) is 5. The number of aromatic nitrogens is 3. The lowest BCUT2D eigenvalue weighted by molar-refractivity contribution is 0.1000. The molecule has 1 aliphatic rings. The molecule has 190 valence electrons. The third-order valence-corrected chi connectivity index (χ3v) is 8.50. The highest BCUT2D eigenvalue weighted by Crippen LogP contribution is 2.41. The molecule has 1 amide bonds. The molecule has 0 unspecified atom stereocenters. The van der Waals surface area contributed by atoms with E-state index in [0.717, 1.165) is 26.6 Å². The van der Waals surface area contributed by atoms with E-state index in [4.69, 9.17) is 21.9 Å². The first-order valence-corrected chi connectivity index (χ1v) is 13.8. The van der Waals surface area contributed by atoms with E-state index in [1.807, 2.05) is 36.7 Å². The number of fused-ring (bicyclic) bond motifs is 1. The van der Waals surface area contributed by atoms with Crippen molar-refractivity contribution >= 4 is 50.3 Å². The highest BCUT2D eigenvalue weighted by molar-refractivity contribution is 7.99. The van der Waals surface area contributed by atoms with Gasteiger partial charge in [0.25, 0.3) is 10.1 Å². The number of hydrogen-bond donors (Lipinski definition) is 2. The van der Waals surface area contributed by atoms with Crippen LogP contribution in [0.1, 0.15) is 35.8 Å². The molecule has 0 aliphatic heterocycles. The monoisotopic (exact) mass is 550 g/mol. The fourth-order valence-electron chi connectivity index (χ4n) is 3.70. The van der Waals surface area contributed by atoms with Crippen LogP contribution in [0.15, 0.2) is 58.6 Å². The fourth-order valence-corrected chi connectivity index (χ4v) is 5.66. The van der Waals surface area contributed by atoms with Gasteiger partial charge < -0.3 is 10.3 Å². The lowest BCUT2D eigenvalue weighted by Gasteiger charge is -2.07. The van der Waals surface area contributed by atoms with Crippen molar-refractivity contribution in [3.63, 3.8) is 0 Å². The lowest BCUT2D eigenvalue weighted by Crippen LogP contribution is -2.10. The molecular formula is C24H24ClFN4O4S2. The van der Waals surface area contributed by atoms with Crippen molar-refractivity contribution in [3.8, 4) is 5.69 Å². The lowest BCUT2D eigenvalue weighted by atomic mass is 10.2. The molecule has 2 aromatic heterocycles. The number of carbonyl (C=O) groups is 1. The van der Waals surface area contributed by atoms with Crippen LogP contribution >= 0.6 is 23.4 Å². The first kappa shape index (κ1) is 26.2. The molecule has 2 aromatic carbocycles. The second kappa shape index (κ2) is 10.3. The van der Waals surface area contributed by atoms with Gasteiger partial charge in [0.1, 0.15) is 0 Å². The van der Waals surface area contributed by atoms with E-state index in [2.05, 4.69) is 5.10 Å². The highest BCUT2D eigenvalue weighted by atomic mass is 35.5. The van der Waals surface area contributed by atoms with Gasteiger partial charge in [0.15, 0.2) is 5.82 Å². The minimum absolute atomic E-state index is 0.0615. The summed E-state index contributed by atoms with van der Waals surface area (Å²) in [5.74, 6) is -0.967. The Kier molecular flexibility index (Phi) is 7.46. The van der Waals surface area contributed by atoms with Gasteiger partial charge >= 0.3 is 0 Å². The topological polar surface area (TPSA) is 120 Å². The average Bonchev–Trinajstić information content (AvgIpc) is 3.55. The van der Waals surface area contributed by atoms with Crippen molar-refractivity contribution in [2.75, 3.05) is 0 Å². The molecular weight excluding hydrogens is 527 g/mol. The molecule has 12 heteroatoms. The zero-order chi connectivity index (χ0) is 26.2. The van der Waals surface area contributed by atoms with Crippen LogP contribution in [0, 0.1) is 12.7 Å². The summed E-state index contributed by atoms with van der Waals surface area (Å²) in [6.45, 7) is 4.63. The smallest absolute Gasteiger partial charge is 0.267 e. The summed E-state index contributed by atoms with van der Waals surface area (Å²) < 4.78 is 46.7. The molecule has 0 atom stereocenters. The molecule has 36 heavy (non-hydrogen) atoms. The van der Waals surface area contributed by atoms with E-state index in [0.29, 0.717) is 30.5 Å². The van der Waals surface area contributed by atoms with Crippen molar-refractivity contribution in [2.45, 2.75) is 48.3 Å². The molecule has 0 spiro atoms. The Labute approximate surface area is 217 Å². The van der Waals surface area contributed by atoms with E-state index in [-0.39, 0.29) is 5.02 Å². The number of benzene rings is 2.